The third-order valence-corrected chi connectivity index (χ3v) is 5.47. The molecule has 168 valence electrons. The molecule has 2 heterocycles. The van der Waals surface area contributed by atoms with Crippen LogP contribution in [0.3, 0.4) is 0 Å². The molecule has 3 aromatic rings. The van der Waals surface area contributed by atoms with E-state index < -0.39 is 5.97 Å². The Kier molecular flexibility index (Phi) is 7.53. The Hall–Kier alpha value is -3.32. The smallest absolute Gasteiger partial charge is 0.340 e. The van der Waals surface area contributed by atoms with E-state index in [1.54, 1.807) is 14.2 Å². The summed E-state index contributed by atoms with van der Waals surface area (Å²) in [6.07, 6.45) is 2.07. The molecule has 3 rings (SSSR count). The van der Waals surface area contributed by atoms with Crippen molar-refractivity contribution in [2.24, 2.45) is 0 Å². The Bertz CT molecular complexity index is 1120. The number of carbonyl (C=O) groups is 2. The number of nitrogens with zero attached hydrogens (tertiary/aromatic N) is 2. The number of ether oxygens (including phenoxy) is 3. The van der Waals surface area contributed by atoms with Crippen molar-refractivity contribution in [1.29, 1.82) is 0 Å². The number of aryl methyl sites for hydroxylation is 2. The zero-order valence-electron chi connectivity index (χ0n) is 18.5. The maximum absolute atomic E-state index is 12.7. The first-order valence-electron chi connectivity index (χ1n) is 10.0. The lowest BCUT2D eigenvalue weighted by Crippen LogP contribution is -2.15. The standard InChI is InChI=1S/C24H25ClN2O5/c1-15-11-19(20(28)14-32-24(29)18-6-8-23(25)26-13-18)16(2)27(15)10-9-17-5-7-21(30-3)22(12-17)31-4/h5-8,11-13H,9-10,14H2,1-4H3. The van der Waals surface area contributed by atoms with Crippen LogP contribution in [0.5, 0.6) is 11.5 Å². The molecular formula is C24H25ClN2O5. The average Bonchev–Trinajstić information content (AvgIpc) is 3.09. The van der Waals surface area contributed by atoms with Crippen LogP contribution < -0.4 is 9.47 Å². The van der Waals surface area contributed by atoms with Crippen molar-refractivity contribution in [1.82, 2.24) is 9.55 Å². The molecule has 0 aliphatic rings. The number of methoxy groups -OCH3 is 2. The number of rotatable bonds is 9. The Morgan fingerprint density at radius 3 is 2.44 bits per heavy atom. The van der Waals surface area contributed by atoms with Crippen LogP contribution in [0.25, 0.3) is 0 Å². The second kappa shape index (κ2) is 10.3. The molecule has 0 bridgehead atoms. The molecule has 0 atom stereocenters. The molecule has 1 aromatic carbocycles. The van der Waals surface area contributed by atoms with Crippen LogP contribution >= 0.6 is 11.6 Å². The van der Waals surface area contributed by atoms with Gasteiger partial charge in [-0.1, -0.05) is 17.7 Å². The Morgan fingerprint density at radius 1 is 1.03 bits per heavy atom. The zero-order chi connectivity index (χ0) is 23.3. The summed E-state index contributed by atoms with van der Waals surface area (Å²) in [4.78, 5) is 28.7. The first kappa shape index (κ1) is 23.3. The number of Topliss-reactive ketones (excluding diaryl/α,β-unsaturated/α-hetero) is 1. The summed E-state index contributed by atoms with van der Waals surface area (Å²) in [5, 5.41) is 0.276. The SMILES string of the molecule is COc1ccc(CCn2c(C)cc(C(=O)COC(=O)c3ccc(Cl)nc3)c2C)cc1OC. The molecule has 0 saturated carbocycles. The minimum Gasteiger partial charge on any atom is -0.493 e. The first-order valence-corrected chi connectivity index (χ1v) is 10.4. The molecular weight excluding hydrogens is 432 g/mol. The zero-order valence-corrected chi connectivity index (χ0v) is 19.2. The van der Waals surface area contributed by atoms with Crippen molar-refractivity contribution in [3.05, 3.63) is 75.8 Å². The van der Waals surface area contributed by atoms with E-state index in [2.05, 4.69) is 9.55 Å². The number of hydrogen-bond acceptors (Lipinski definition) is 6. The second-order valence-electron chi connectivity index (χ2n) is 7.24. The van der Waals surface area contributed by atoms with Crippen molar-refractivity contribution >= 4 is 23.4 Å². The van der Waals surface area contributed by atoms with E-state index in [0.717, 1.165) is 23.4 Å². The monoisotopic (exact) mass is 456 g/mol. The van der Waals surface area contributed by atoms with Crippen LogP contribution in [0.2, 0.25) is 5.15 Å². The van der Waals surface area contributed by atoms with Crippen LogP contribution in [0.4, 0.5) is 0 Å². The summed E-state index contributed by atoms with van der Waals surface area (Å²) in [6, 6.07) is 10.6. The van der Waals surface area contributed by atoms with Crippen LogP contribution in [-0.4, -0.2) is 42.1 Å². The number of hydrogen-bond donors (Lipinski definition) is 0. The molecule has 0 spiro atoms. The number of halogens is 1. The van der Waals surface area contributed by atoms with Crippen molar-refractivity contribution in [2.45, 2.75) is 26.8 Å². The molecule has 0 aliphatic heterocycles. The number of ketones is 1. The van der Waals surface area contributed by atoms with Gasteiger partial charge in [-0.3, -0.25) is 4.79 Å². The minimum absolute atomic E-state index is 0.239. The number of aromatic nitrogens is 2. The van der Waals surface area contributed by atoms with Crippen LogP contribution in [0.15, 0.2) is 42.6 Å². The highest BCUT2D eigenvalue weighted by Gasteiger charge is 2.18. The quantitative estimate of drug-likeness (QED) is 0.269. The molecule has 0 N–H and O–H groups in total. The lowest BCUT2D eigenvalue weighted by molar-refractivity contribution is 0.0474. The number of benzene rings is 1. The largest absolute Gasteiger partial charge is 0.493 e. The van der Waals surface area contributed by atoms with E-state index in [9.17, 15) is 9.59 Å². The van der Waals surface area contributed by atoms with Gasteiger partial charge in [-0.25, -0.2) is 9.78 Å². The van der Waals surface area contributed by atoms with E-state index in [-0.39, 0.29) is 23.1 Å². The van der Waals surface area contributed by atoms with Crippen molar-refractivity contribution in [3.63, 3.8) is 0 Å². The Morgan fingerprint density at radius 2 is 1.78 bits per heavy atom. The molecule has 0 aliphatic carbocycles. The molecule has 8 heteroatoms. The summed E-state index contributed by atoms with van der Waals surface area (Å²) >= 11 is 5.72. The highest BCUT2D eigenvalue weighted by Crippen LogP contribution is 2.28. The number of esters is 1. The van der Waals surface area contributed by atoms with Gasteiger partial charge in [-0.05, 0) is 56.2 Å². The highest BCUT2D eigenvalue weighted by atomic mass is 35.5. The lowest BCUT2D eigenvalue weighted by atomic mass is 10.1. The van der Waals surface area contributed by atoms with Gasteiger partial charge in [0, 0.05) is 29.7 Å². The van der Waals surface area contributed by atoms with E-state index in [1.807, 2.05) is 38.1 Å². The van der Waals surface area contributed by atoms with Crippen molar-refractivity contribution < 1.29 is 23.8 Å². The fourth-order valence-electron chi connectivity index (χ4n) is 3.49. The third-order valence-electron chi connectivity index (χ3n) is 5.24. The van der Waals surface area contributed by atoms with Gasteiger partial charge in [-0.2, -0.15) is 0 Å². The van der Waals surface area contributed by atoms with E-state index in [1.165, 1.54) is 18.3 Å². The maximum atomic E-state index is 12.7. The molecule has 32 heavy (non-hydrogen) atoms. The van der Waals surface area contributed by atoms with E-state index in [0.29, 0.717) is 23.6 Å². The van der Waals surface area contributed by atoms with Gasteiger partial charge in [0.2, 0.25) is 5.78 Å². The molecule has 0 radical (unpaired) electrons. The van der Waals surface area contributed by atoms with Gasteiger partial charge < -0.3 is 18.8 Å². The fourth-order valence-corrected chi connectivity index (χ4v) is 3.61. The van der Waals surface area contributed by atoms with Gasteiger partial charge in [0.15, 0.2) is 18.1 Å². The number of carbonyl (C=O) groups excluding carboxylic acids is 2. The van der Waals surface area contributed by atoms with E-state index in [4.69, 9.17) is 25.8 Å². The minimum atomic E-state index is -0.621. The van der Waals surface area contributed by atoms with Gasteiger partial charge in [-0.15, -0.1) is 0 Å². The van der Waals surface area contributed by atoms with Gasteiger partial charge in [0.25, 0.3) is 0 Å². The summed E-state index contributed by atoms with van der Waals surface area (Å²) in [7, 11) is 3.21. The summed E-state index contributed by atoms with van der Waals surface area (Å²) in [5.41, 5.74) is 3.66. The summed E-state index contributed by atoms with van der Waals surface area (Å²) in [6.45, 7) is 4.18. The van der Waals surface area contributed by atoms with Crippen molar-refractivity contribution in [2.75, 3.05) is 20.8 Å². The molecule has 2 aromatic heterocycles. The molecule has 0 fully saturated rings. The van der Waals surface area contributed by atoms with Gasteiger partial charge in [0.1, 0.15) is 5.15 Å². The molecule has 0 unspecified atom stereocenters. The normalized spacial score (nSPS) is 10.7. The molecule has 7 nitrogen and oxygen atoms in total. The summed E-state index contributed by atoms with van der Waals surface area (Å²) < 4.78 is 17.9. The van der Waals surface area contributed by atoms with Crippen molar-refractivity contribution in [3.8, 4) is 11.5 Å². The Labute approximate surface area is 191 Å². The third kappa shape index (κ3) is 5.29. The fraction of sp³-hybridized carbons (Fsp3) is 0.292. The van der Waals surface area contributed by atoms with Gasteiger partial charge >= 0.3 is 5.97 Å². The molecule has 0 saturated heterocycles. The first-order chi connectivity index (χ1) is 15.3. The average molecular weight is 457 g/mol. The summed E-state index contributed by atoms with van der Waals surface area (Å²) in [5.74, 6) is 0.483. The lowest BCUT2D eigenvalue weighted by Gasteiger charge is -2.12. The maximum Gasteiger partial charge on any atom is 0.340 e. The predicted octanol–water partition coefficient (Wildman–Crippen LogP) is 4.45. The second-order valence-corrected chi connectivity index (χ2v) is 7.63. The number of pyridine rings is 1. The van der Waals surface area contributed by atoms with Crippen LogP contribution in [-0.2, 0) is 17.7 Å². The van der Waals surface area contributed by atoms with Gasteiger partial charge in [0.05, 0.1) is 19.8 Å². The highest BCUT2D eigenvalue weighted by molar-refractivity contribution is 6.29. The topological polar surface area (TPSA) is 79.7 Å². The molecule has 0 amide bonds. The Balaban J connectivity index is 1.65. The predicted molar refractivity (Wildman–Crippen MR) is 121 cm³/mol. The van der Waals surface area contributed by atoms with Crippen LogP contribution in [0, 0.1) is 13.8 Å². The van der Waals surface area contributed by atoms with E-state index >= 15 is 0 Å². The van der Waals surface area contributed by atoms with Crippen LogP contribution in [0.1, 0.15) is 37.7 Å².